The first-order valence-corrected chi connectivity index (χ1v) is 5.46. The quantitative estimate of drug-likeness (QED) is 0.794. The first-order chi connectivity index (χ1) is 9.47. The van der Waals surface area contributed by atoms with E-state index in [1.54, 1.807) is 0 Å². The Kier molecular flexibility index (Phi) is 3.60. The second-order valence-corrected chi connectivity index (χ2v) is 3.85. The fourth-order valence-electron chi connectivity index (χ4n) is 1.50. The molecular weight excluding hydrogens is 267 g/mol. The minimum absolute atomic E-state index is 0.0117. The Bertz CT molecular complexity index is 688. The van der Waals surface area contributed by atoms with Gasteiger partial charge in [0.25, 0.3) is 5.91 Å². The lowest BCUT2D eigenvalue weighted by molar-refractivity contribution is 0.0696. The van der Waals surface area contributed by atoms with Crippen molar-refractivity contribution in [3.8, 4) is 5.75 Å². The van der Waals surface area contributed by atoms with Crippen molar-refractivity contribution in [1.82, 2.24) is 4.98 Å². The molecule has 2 rings (SSSR count). The van der Waals surface area contributed by atoms with Gasteiger partial charge in [-0.2, -0.15) is 0 Å². The molecular formula is C13H9FN2O4. The number of phenols is 1. The van der Waals surface area contributed by atoms with Gasteiger partial charge in [-0.15, -0.1) is 0 Å². The Morgan fingerprint density at radius 1 is 1.20 bits per heavy atom. The number of nitrogens with one attached hydrogen (secondary N) is 1. The van der Waals surface area contributed by atoms with E-state index in [-0.39, 0.29) is 22.7 Å². The number of hydrogen-bond donors (Lipinski definition) is 3. The van der Waals surface area contributed by atoms with E-state index in [2.05, 4.69) is 10.3 Å². The number of anilines is 1. The third-order valence-electron chi connectivity index (χ3n) is 2.45. The van der Waals surface area contributed by atoms with E-state index in [9.17, 15) is 14.0 Å². The molecule has 0 radical (unpaired) electrons. The van der Waals surface area contributed by atoms with Crippen molar-refractivity contribution in [2.45, 2.75) is 0 Å². The van der Waals surface area contributed by atoms with Crippen molar-refractivity contribution in [3.63, 3.8) is 0 Å². The normalized spacial score (nSPS) is 10.1. The summed E-state index contributed by atoms with van der Waals surface area (Å²) in [5.74, 6) is -3.17. The number of amides is 1. The number of benzene rings is 1. The van der Waals surface area contributed by atoms with Crippen LogP contribution in [0.2, 0.25) is 0 Å². The summed E-state index contributed by atoms with van der Waals surface area (Å²) in [5.41, 5.74) is -0.341. The van der Waals surface area contributed by atoms with Crippen LogP contribution in [-0.4, -0.2) is 27.1 Å². The van der Waals surface area contributed by atoms with Crippen LogP contribution < -0.4 is 5.32 Å². The van der Waals surface area contributed by atoms with Gasteiger partial charge in [0.1, 0.15) is 17.4 Å². The molecule has 1 aromatic heterocycles. The van der Waals surface area contributed by atoms with Crippen LogP contribution in [0.15, 0.2) is 36.5 Å². The van der Waals surface area contributed by atoms with Gasteiger partial charge in [0.15, 0.2) is 0 Å². The van der Waals surface area contributed by atoms with Gasteiger partial charge in [0.05, 0.1) is 11.1 Å². The zero-order valence-corrected chi connectivity index (χ0v) is 10.0. The van der Waals surface area contributed by atoms with Gasteiger partial charge in [-0.1, -0.05) is 0 Å². The fourth-order valence-corrected chi connectivity index (χ4v) is 1.50. The Morgan fingerprint density at radius 2 is 1.95 bits per heavy atom. The van der Waals surface area contributed by atoms with Gasteiger partial charge in [0, 0.05) is 12.3 Å². The van der Waals surface area contributed by atoms with Gasteiger partial charge in [-0.25, -0.2) is 14.2 Å². The number of carbonyl (C=O) groups excluding carboxylic acids is 1. The zero-order chi connectivity index (χ0) is 14.7. The number of aromatic hydroxyl groups is 1. The molecule has 2 aromatic rings. The molecule has 0 unspecified atom stereocenters. The second kappa shape index (κ2) is 5.35. The molecule has 0 saturated heterocycles. The van der Waals surface area contributed by atoms with Crippen molar-refractivity contribution in [2.75, 3.05) is 5.32 Å². The summed E-state index contributed by atoms with van der Waals surface area (Å²) in [6, 6.07) is 5.49. The predicted octanol–water partition coefficient (Wildman–Crippen LogP) is 1.88. The Balaban J connectivity index is 2.23. The highest BCUT2D eigenvalue weighted by Crippen LogP contribution is 2.16. The van der Waals surface area contributed by atoms with Gasteiger partial charge >= 0.3 is 5.97 Å². The molecule has 0 bridgehead atoms. The van der Waals surface area contributed by atoms with E-state index in [4.69, 9.17) is 10.2 Å². The Hall–Kier alpha value is -2.96. The summed E-state index contributed by atoms with van der Waals surface area (Å²) in [6.07, 6.45) is 1.21. The summed E-state index contributed by atoms with van der Waals surface area (Å²) >= 11 is 0. The smallest absolute Gasteiger partial charge is 0.335 e. The molecule has 3 N–H and O–H groups in total. The maximum absolute atomic E-state index is 13.5. The summed E-state index contributed by atoms with van der Waals surface area (Å²) < 4.78 is 13.5. The lowest BCUT2D eigenvalue weighted by Gasteiger charge is -2.06. The Labute approximate surface area is 112 Å². The third-order valence-corrected chi connectivity index (χ3v) is 2.45. The van der Waals surface area contributed by atoms with E-state index in [0.717, 1.165) is 18.2 Å². The SMILES string of the molecule is O=C(O)c1ccnc(NC(=O)c2ccc(O)cc2F)c1. The number of aromatic nitrogens is 1. The summed E-state index contributed by atoms with van der Waals surface area (Å²) in [7, 11) is 0. The molecule has 1 aromatic carbocycles. The first-order valence-electron chi connectivity index (χ1n) is 5.46. The van der Waals surface area contributed by atoms with Gasteiger partial charge in [-0.05, 0) is 24.3 Å². The summed E-state index contributed by atoms with van der Waals surface area (Å²) in [6.45, 7) is 0. The molecule has 1 amide bonds. The standard InChI is InChI=1S/C13H9FN2O4/c14-10-6-8(17)1-2-9(10)12(18)16-11-5-7(13(19)20)3-4-15-11/h1-6,17H,(H,19,20)(H,15,16,18). The number of rotatable bonds is 3. The van der Waals surface area contributed by atoms with Crippen molar-refractivity contribution in [2.24, 2.45) is 0 Å². The van der Waals surface area contributed by atoms with Gasteiger partial charge in [0.2, 0.25) is 0 Å². The largest absolute Gasteiger partial charge is 0.508 e. The molecule has 7 heteroatoms. The Morgan fingerprint density at radius 3 is 2.60 bits per heavy atom. The molecule has 0 fully saturated rings. The van der Waals surface area contributed by atoms with Crippen LogP contribution in [0.25, 0.3) is 0 Å². The van der Waals surface area contributed by atoms with Crippen molar-refractivity contribution in [1.29, 1.82) is 0 Å². The first kappa shape index (κ1) is 13.5. The number of aromatic carboxylic acids is 1. The van der Waals surface area contributed by atoms with Crippen molar-refractivity contribution < 1.29 is 24.2 Å². The molecule has 1 heterocycles. The molecule has 20 heavy (non-hydrogen) atoms. The van der Waals surface area contributed by atoms with Gasteiger partial charge in [-0.3, -0.25) is 4.79 Å². The van der Waals surface area contributed by atoms with E-state index in [0.29, 0.717) is 0 Å². The van der Waals surface area contributed by atoms with E-state index in [1.165, 1.54) is 18.3 Å². The van der Waals surface area contributed by atoms with E-state index < -0.39 is 17.7 Å². The van der Waals surface area contributed by atoms with Crippen LogP contribution in [0.3, 0.4) is 0 Å². The fraction of sp³-hybridized carbons (Fsp3) is 0. The molecule has 102 valence electrons. The van der Waals surface area contributed by atoms with Crippen LogP contribution in [0.1, 0.15) is 20.7 Å². The average molecular weight is 276 g/mol. The molecule has 0 saturated carbocycles. The van der Waals surface area contributed by atoms with E-state index >= 15 is 0 Å². The van der Waals surface area contributed by atoms with Crippen molar-refractivity contribution in [3.05, 3.63) is 53.5 Å². The topological polar surface area (TPSA) is 99.5 Å². The number of hydrogen-bond acceptors (Lipinski definition) is 4. The molecule has 0 aliphatic rings. The van der Waals surface area contributed by atoms with E-state index in [1.807, 2.05) is 0 Å². The lowest BCUT2D eigenvalue weighted by Crippen LogP contribution is -2.15. The summed E-state index contributed by atoms with van der Waals surface area (Å²) in [4.78, 5) is 26.3. The number of nitrogens with zero attached hydrogens (tertiary/aromatic N) is 1. The van der Waals surface area contributed by atoms with Crippen LogP contribution in [0.5, 0.6) is 5.75 Å². The number of pyridine rings is 1. The third kappa shape index (κ3) is 2.89. The molecule has 0 aliphatic heterocycles. The molecule has 0 aliphatic carbocycles. The minimum atomic E-state index is -1.17. The van der Waals surface area contributed by atoms with Crippen LogP contribution in [0, 0.1) is 5.82 Å². The highest BCUT2D eigenvalue weighted by molar-refractivity contribution is 6.04. The number of carbonyl (C=O) groups is 2. The average Bonchev–Trinajstić information content (AvgIpc) is 2.38. The second-order valence-electron chi connectivity index (χ2n) is 3.85. The number of carboxylic acids is 1. The maximum atomic E-state index is 13.5. The monoisotopic (exact) mass is 276 g/mol. The van der Waals surface area contributed by atoms with Crippen LogP contribution in [0.4, 0.5) is 10.2 Å². The molecule has 0 spiro atoms. The highest BCUT2D eigenvalue weighted by atomic mass is 19.1. The number of carboxylic acid groups (broad SMARTS) is 1. The zero-order valence-electron chi connectivity index (χ0n) is 10.0. The minimum Gasteiger partial charge on any atom is -0.508 e. The maximum Gasteiger partial charge on any atom is 0.335 e. The molecule has 6 nitrogen and oxygen atoms in total. The van der Waals surface area contributed by atoms with Crippen LogP contribution in [-0.2, 0) is 0 Å². The predicted molar refractivity (Wildman–Crippen MR) is 67.2 cm³/mol. The lowest BCUT2D eigenvalue weighted by atomic mass is 10.2. The van der Waals surface area contributed by atoms with Crippen molar-refractivity contribution >= 4 is 17.7 Å². The summed E-state index contributed by atoms with van der Waals surface area (Å²) in [5, 5.41) is 20.1. The van der Waals surface area contributed by atoms with Gasteiger partial charge < -0.3 is 15.5 Å². The molecule has 0 atom stereocenters. The number of phenolic OH excluding ortho intramolecular Hbond substituents is 1. The van der Waals surface area contributed by atoms with Crippen LogP contribution >= 0.6 is 0 Å². The highest BCUT2D eigenvalue weighted by Gasteiger charge is 2.13. The number of halogens is 1.